The fourth-order valence-electron chi connectivity index (χ4n) is 5.14. The molecule has 4 saturated heterocycles. The molecule has 0 amide bonds. The monoisotopic (exact) mass is 510 g/mol. The summed E-state index contributed by atoms with van der Waals surface area (Å²) in [5, 5.41) is -0.620. The number of hydrogen-bond donors (Lipinski definition) is 0. The van der Waals surface area contributed by atoms with Crippen LogP contribution in [0.15, 0.2) is 48.5 Å². The standard InChI is InChI=1S/C28H35N2O5P/c1-19(2)28(36-31,20-3-7-22(8-4-20)29(11-24-15-32-24)12-25-16-33-25)21-5-9-23(10-6-21)30(13-26-17-34-26)14-27-18-35-27/h3-10,19,24-27H,11-18H2,1-2H3. The zero-order chi connectivity index (χ0) is 24.7. The van der Waals surface area contributed by atoms with Crippen LogP contribution in [0.4, 0.5) is 11.4 Å². The molecule has 0 aliphatic carbocycles. The summed E-state index contributed by atoms with van der Waals surface area (Å²) in [4.78, 5) is 4.70. The molecule has 4 heterocycles. The molecule has 0 aromatic heterocycles. The minimum Gasteiger partial charge on any atom is -0.371 e. The van der Waals surface area contributed by atoms with E-state index in [-0.39, 0.29) is 14.4 Å². The molecule has 8 heteroatoms. The third kappa shape index (κ3) is 5.46. The second kappa shape index (κ2) is 10.0. The van der Waals surface area contributed by atoms with E-state index in [1.165, 1.54) is 0 Å². The summed E-state index contributed by atoms with van der Waals surface area (Å²) in [6, 6.07) is 17.2. The Labute approximate surface area is 214 Å². The van der Waals surface area contributed by atoms with Gasteiger partial charge in [-0.05, 0) is 41.3 Å². The molecule has 0 saturated carbocycles. The summed E-state index contributed by atoms with van der Waals surface area (Å²) >= 11 is 0. The lowest BCUT2D eigenvalue weighted by atomic mass is 9.81. The lowest BCUT2D eigenvalue weighted by Gasteiger charge is -2.33. The maximum absolute atomic E-state index is 12.9. The van der Waals surface area contributed by atoms with Gasteiger partial charge in [0.2, 0.25) is 0 Å². The zero-order valence-electron chi connectivity index (χ0n) is 21.0. The van der Waals surface area contributed by atoms with E-state index < -0.39 is 5.16 Å². The fraction of sp³-hybridized carbons (Fsp3) is 0.571. The number of hydrogen-bond acceptors (Lipinski definition) is 7. The molecule has 192 valence electrons. The Morgan fingerprint density at radius 1 is 0.694 bits per heavy atom. The van der Waals surface area contributed by atoms with Crippen LogP contribution in [-0.4, -0.2) is 77.0 Å². The highest BCUT2D eigenvalue weighted by Gasteiger charge is 2.40. The molecule has 2 aromatic carbocycles. The van der Waals surface area contributed by atoms with Crippen LogP contribution in [0.1, 0.15) is 25.0 Å². The molecule has 4 atom stereocenters. The normalized spacial score (nSPS) is 27.5. The van der Waals surface area contributed by atoms with E-state index in [9.17, 15) is 4.57 Å². The zero-order valence-corrected chi connectivity index (χ0v) is 21.9. The van der Waals surface area contributed by atoms with Crippen molar-refractivity contribution in [2.45, 2.75) is 43.4 Å². The van der Waals surface area contributed by atoms with E-state index in [0.717, 1.165) is 75.1 Å². The Kier molecular flexibility index (Phi) is 6.78. The van der Waals surface area contributed by atoms with Gasteiger partial charge in [0, 0.05) is 37.6 Å². The second-order valence-corrected chi connectivity index (χ2v) is 11.6. The number of rotatable bonds is 14. The van der Waals surface area contributed by atoms with Crippen LogP contribution in [0, 0.1) is 5.92 Å². The van der Waals surface area contributed by atoms with Gasteiger partial charge in [0.1, 0.15) is 5.16 Å². The van der Waals surface area contributed by atoms with Gasteiger partial charge in [-0.2, -0.15) is 0 Å². The van der Waals surface area contributed by atoms with Crippen molar-refractivity contribution in [1.82, 2.24) is 0 Å². The summed E-state index contributed by atoms with van der Waals surface area (Å²) in [5.74, 6) is 0.139. The van der Waals surface area contributed by atoms with Crippen molar-refractivity contribution < 1.29 is 23.5 Å². The molecule has 0 radical (unpaired) electrons. The third-order valence-electron chi connectivity index (χ3n) is 7.63. The Morgan fingerprint density at radius 3 is 1.22 bits per heavy atom. The van der Waals surface area contributed by atoms with Crippen LogP contribution >= 0.6 is 8.46 Å². The number of nitrogens with zero attached hydrogens (tertiary/aromatic N) is 2. The summed E-state index contributed by atoms with van der Waals surface area (Å²) in [7, 11) is 0.0952. The molecule has 4 aliphatic rings. The first-order valence-electron chi connectivity index (χ1n) is 13.1. The first kappa shape index (κ1) is 24.3. The summed E-state index contributed by atoms with van der Waals surface area (Å²) in [6.45, 7) is 11.1. The summed E-state index contributed by atoms with van der Waals surface area (Å²) in [5.41, 5.74) is 4.43. The maximum atomic E-state index is 12.9. The van der Waals surface area contributed by atoms with Crippen molar-refractivity contribution in [2.24, 2.45) is 5.92 Å². The minimum absolute atomic E-state index is 0.0952. The Morgan fingerprint density at radius 2 is 1.00 bits per heavy atom. The van der Waals surface area contributed by atoms with Crippen LogP contribution < -0.4 is 9.80 Å². The molecular formula is C28H35N2O5P. The largest absolute Gasteiger partial charge is 0.371 e. The predicted molar refractivity (Wildman–Crippen MR) is 139 cm³/mol. The highest BCUT2D eigenvalue weighted by Crippen LogP contribution is 2.48. The lowest BCUT2D eigenvalue weighted by Crippen LogP contribution is -2.32. The lowest BCUT2D eigenvalue weighted by molar-refractivity contribution is 0.388. The first-order chi connectivity index (χ1) is 17.5. The SMILES string of the molecule is CC(C)C(P=O)(c1ccc(N(CC2CO2)CC2CO2)cc1)c1ccc(N(CC2CO2)CC2CO2)cc1. The average molecular weight is 511 g/mol. The van der Waals surface area contributed by atoms with Crippen molar-refractivity contribution in [3.8, 4) is 0 Å². The van der Waals surface area contributed by atoms with Gasteiger partial charge in [0.25, 0.3) is 0 Å². The van der Waals surface area contributed by atoms with E-state index in [4.69, 9.17) is 18.9 Å². The van der Waals surface area contributed by atoms with Crippen molar-refractivity contribution in [3.63, 3.8) is 0 Å². The minimum atomic E-state index is -0.620. The van der Waals surface area contributed by atoms with Gasteiger partial charge in [0.15, 0.2) is 8.46 Å². The number of benzene rings is 2. The van der Waals surface area contributed by atoms with Crippen LogP contribution in [0.5, 0.6) is 0 Å². The molecule has 2 aromatic rings. The molecule has 4 aliphatic heterocycles. The van der Waals surface area contributed by atoms with Crippen molar-refractivity contribution in [3.05, 3.63) is 59.7 Å². The molecular weight excluding hydrogens is 475 g/mol. The highest BCUT2D eigenvalue weighted by molar-refractivity contribution is 7.26. The second-order valence-electron chi connectivity index (χ2n) is 10.7. The van der Waals surface area contributed by atoms with Gasteiger partial charge >= 0.3 is 0 Å². The van der Waals surface area contributed by atoms with Crippen LogP contribution in [0.2, 0.25) is 0 Å². The number of ether oxygens (including phenoxy) is 4. The molecule has 36 heavy (non-hydrogen) atoms. The average Bonchev–Trinajstić information content (AvgIpc) is 3.69. The van der Waals surface area contributed by atoms with Gasteiger partial charge < -0.3 is 28.7 Å². The van der Waals surface area contributed by atoms with Crippen LogP contribution in [0.3, 0.4) is 0 Å². The van der Waals surface area contributed by atoms with Gasteiger partial charge in [-0.1, -0.05) is 38.1 Å². The van der Waals surface area contributed by atoms with E-state index >= 15 is 0 Å². The third-order valence-corrected chi connectivity index (χ3v) is 8.95. The topological polar surface area (TPSA) is 73.7 Å². The first-order valence-corrected chi connectivity index (χ1v) is 13.9. The number of anilines is 2. The van der Waals surface area contributed by atoms with E-state index in [0.29, 0.717) is 24.4 Å². The highest BCUT2D eigenvalue weighted by atomic mass is 31.1. The molecule has 7 nitrogen and oxygen atoms in total. The van der Waals surface area contributed by atoms with E-state index in [1.807, 2.05) is 0 Å². The Hall–Kier alpha value is -2.02. The van der Waals surface area contributed by atoms with E-state index in [2.05, 4.69) is 72.2 Å². The van der Waals surface area contributed by atoms with Crippen molar-refractivity contribution >= 4 is 19.8 Å². The van der Waals surface area contributed by atoms with Crippen molar-refractivity contribution in [1.29, 1.82) is 0 Å². The quantitative estimate of drug-likeness (QED) is 0.280. The predicted octanol–water partition coefficient (Wildman–Crippen LogP) is 4.09. The molecule has 4 fully saturated rings. The van der Waals surface area contributed by atoms with Gasteiger partial charge in [0.05, 0.1) is 50.8 Å². The summed E-state index contributed by atoms with van der Waals surface area (Å²) < 4.78 is 34.9. The van der Waals surface area contributed by atoms with Gasteiger partial charge in [-0.25, -0.2) is 0 Å². The molecule has 4 unspecified atom stereocenters. The Balaban J connectivity index is 1.25. The van der Waals surface area contributed by atoms with Crippen LogP contribution in [0.25, 0.3) is 0 Å². The Bertz CT molecular complexity index is 943. The molecule has 6 rings (SSSR count). The molecule has 0 N–H and O–H groups in total. The summed E-state index contributed by atoms with van der Waals surface area (Å²) in [6.07, 6.45) is 1.26. The fourth-order valence-corrected chi connectivity index (χ4v) is 5.86. The van der Waals surface area contributed by atoms with Gasteiger partial charge in [-0.3, -0.25) is 4.57 Å². The maximum Gasteiger partial charge on any atom is 0.172 e. The smallest absolute Gasteiger partial charge is 0.172 e. The molecule has 0 bridgehead atoms. The van der Waals surface area contributed by atoms with Crippen LogP contribution in [-0.2, 0) is 28.7 Å². The van der Waals surface area contributed by atoms with Gasteiger partial charge in [-0.15, -0.1) is 0 Å². The van der Waals surface area contributed by atoms with E-state index in [1.54, 1.807) is 0 Å². The van der Waals surface area contributed by atoms with Crippen molar-refractivity contribution in [2.75, 3.05) is 62.4 Å². The number of epoxide rings is 4. The molecule has 0 spiro atoms.